The number of rotatable bonds is 5. The average molecular weight is 293 g/mol. The van der Waals surface area contributed by atoms with Gasteiger partial charge in [0.25, 0.3) is 15.9 Å². The van der Waals surface area contributed by atoms with Crippen molar-refractivity contribution in [2.45, 2.75) is 44.0 Å². The molecule has 20 heavy (non-hydrogen) atoms. The van der Waals surface area contributed by atoms with Crippen LogP contribution in [0.3, 0.4) is 0 Å². The number of aryl methyl sites for hydroxylation is 1. The molecule has 0 spiro atoms. The van der Waals surface area contributed by atoms with Crippen molar-refractivity contribution in [2.75, 3.05) is 0 Å². The summed E-state index contributed by atoms with van der Waals surface area (Å²) in [5.41, 5.74) is 0.984. The van der Waals surface area contributed by atoms with Gasteiger partial charge < -0.3 is 0 Å². The van der Waals surface area contributed by atoms with Crippen LogP contribution in [0.4, 0.5) is 0 Å². The number of carbonyl (C=O) groups excluding carboxylic acids is 1. The van der Waals surface area contributed by atoms with Crippen LogP contribution in [0.25, 0.3) is 0 Å². The summed E-state index contributed by atoms with van der Waals surface area (Å²) in [5, 5.41) is 0. The van der Waals surface area contributed by atoms with Gasteiger partial charge in [0, 0.05) is 6.08 Å². The Bertz CT molecular complexity index is 617. The predicted molar refractivity (Wildman–Crippen MR) is 77.7 cm³/mol. The van der Waals surface area contributed by atoms with E-state index >= 15 is 0 Å². The topological polar surface area (TPSA) is 54.5 Å². The van der Waals surface area contributed by atoms with Gasteiger partial charge in [-0.1, -0.05) is 43.5 Å². The fraction of sp³-hybridized carbons (Fsp3) is 0.400. The highest BCUT2D eigenvalue weighted by atomic mass is 32.2. The first-order chi connectivity index (χ1) is 9.46. The van der Waals surface area contributed by atoms with Crippen molar-refractivity contribution in [3.8, 4) is 0 Å². The molecule has 108 valence electrons. The molecule has 1 amide bonds. The van der Waals surface area contributed by atoms with Crippen LogP contribution in [0.2, 0.25) is 0 Å². The third kappa shape index (κ3) is 2.77. The molecule has 0 saturated heterocycles. The van der Waals surface area contributed by atoms with Crippen molar-refractivity contribution in [3.63, 3.8) is 0 Å². The van der Waals surface area contributed by atoms with E-state index in [1.54, 1.807) is 30.3 Å². The number of hydrogen-bond donors (Lipinski definition) is 0. The number of benzene rings is 1. The minimum atomic E-state index is -3.76. The molecule has 2 rings (SSSR count). The van der Waals surface area contributed by atoms with Gasteiger partial charge in [-0.15, -0.1) is 0 Å². The lowest BCUT2D eigenvalue weighted by Gasteiger charge is -2.24. The molecule has 0 aromatic heterocycles. The van der Waals surface area contributed by atoms with Crippen molar-refractivity contribution in [1.29, 1.82) is 0 Å². The third-order valence-electron chi connectivity index (χ3n) is 3.41. The number of sulfonamides is 1. The molecule has 0 aliphatic carbocycles. The second-order valence-electron chi connectivity index (χ2n) is 5.02. The monoisotopic (exact) mass is 293 g/mol. The molecule has 1 unspecified atom stereocenters. The Morgan fingerprint density at radius 1 is 1.20 bits per heavy atom. The molecule has 1 aromatic carbocycles. The van der Waals surface area contributed by atoms with E-state index in [2.05, 4.69) is 0 Å². The Labute approximate surface area is 120 Å². The summed E-state index contributed by atoms with van der Waals surface area (Å²) in [5.74, 6) is -0.452. The van der Waals surface area contributed by atoms with Crippen LogP contribution in [-0.4, -0.2) is 24.7 Å². The molecule has 1 atom stereocenters. The van der Waals surface area contributed by atoms with Gasteiger partial charge in [0.1, 0.15) is 0 Å². The summed E-state index contributed by atoms with van der Waals surface area (Å²) in [6.45, 7) is 3.93. The molecular formula is C15H19NO3S. The number of amides is 1. The highest BCUT2D eigenvalue weighted by molar-refractivity contribution is 7.89. The van der Waals surface area contributed by atoms with Crippen molar-refractivity contribution < 1.29 is 13.2 Å². The van der Waals surface area contributed by atoms with E-state index in [0.717, 1.165) is 22.7 Å². The van der Waals surface area contributed by atoms with Gasteiger partial charge in [-0.25, -0.2) is 12.7 Å². The third-order valence-corrected chi connectivity index (χ3v) is 5.25. The minimum absolute atomic E-state index is 0.168. The van der Waals surface area contributed by atoms with E-state index in [0.29, 0.717) is 6.42 Å². The van der Waals surface area contributed by atoms with Crippen molar-refractivity contribution in [1.82, 2.24) is 4.31 Å². The van der Waals surface area contributed by atoms with E-state index < -0.39 is 15.9 Å². The van der Waals surface area contributed by atoms with Gasteiger partial charge >= 0.3 is 0 Å². The van der Waals surface area contributed by atoms with Gasteiger partial charge in [-0.05, 0) is 25.5 Å². The van der Waals surface area contributed by atoms with Gasteiger partial charge in [-0.3, -0.25) is 4.79 Å². The summed E-state index contributed by atoms with van der Waals surface area (Å²) in [7, 11) is -3.76. The largest absolute Gasteiger partial charge is 0.269 e. The molecule has 0 N–H and O–H groups in total. The van der Waals surface area contributed by atoms with Crippen LogP contribution in [0, 0.1) is 6.92 Å². The second kappa shape index (κ2) is 5.79. The summed E-state index contributed by atoms with van der Waals surface area (Å²) in [6.07, 6.45) is 5.57. The Morgan fingerprint density at radius 3 is 2.45 bits per heavy atom. The first-order valence-corrected chi connectivity index (χ1v) is 8.24. The molecule has 5 heteroatoms. The molecule has 1 heterocycles. The molecule has 0 fully saturated rings. The summed E-state index contributed by atoms with van der Waals surface area (Å²) >= 11 is 0. The van der Waals surface area contributed by atoms with E-state index in [1.165, 1.54) is 6.08 Å². The molecule has 4 nitrogen and oxygen atoms in total. The maximum Gasteiger partial charge on any atom is 0.267 e. The Balaban J connectivity index is 2.32. The number of carbonyl (C=O) groups is 1. The van der Waals surface area contributed by atoms with Crippen LogP contribution in [-0.2, 0) is 14.8 Å². The predicted octanol–water partition coefficient (Wildman–Crippen LogP) is 2.64. The number of hydrogen-bond acceptors (Lipinski definition) is 3. The SMILES string of the molecule is CCCCC1C=CC(=O)N1S(=O)(=O)c1ccc(C)cc1. The van der Waals surface area contributed by atoms with Crippen LogP contribution in [0.1, 0.15) is 31.7 Å². The maximum absolute atomic E-state index is 12.6. The average Bonchev–Trinajstić information content (AvgIpc) is 2.78. The van der Waals surface area contributed by atoms with Crippen LogP contribution < -0.4 is 0 Å². The molecule has 1 aliphatic heterocycles. The van der Waals surface area contributed by atoms with E-state index in [1.807, 2.05) is 13.8 Å². The molecule has 0 saturated carbocycles. The molecular weight excluding hydrogens is 274 g/mol. The number of unbranched alkanes of at least 4 members (excludes halogenated alkanes) is 1. The molecule has 0 radical (unpaired) electrons. The first kappa shape index (κ1) is 14.8. The Kier molecular flexibility index (Phi) is 4.28. The van der Waals surface area contributed by atoms with E-state index in [4.69, 9.17) is 0 Å². The fourth-order valence-electron chi connectivity index (χ4n) is 2.26. The van der Waals surface area contributed by atoms with Gasteiger partial charge in [0.05, 0.1) is 10.9 Å². The normalized spacial score (nSPS) is 18.8. The quantitative estimate of drug-likeness (QED) is 0.838. The van der Waals surface area contributed by atoms with Crippen molar-refractivity contribution >= 4 is 15.9 Å². The summed E-state index contributed by atoms with van der Waals surface area (Å²) < 4.78 is 26.2. The number of nitrogens with zero attached hydrogens (tertiary/aromatic N) is 1. The smallest absolute Gasteiger partial charge is 0.267 e. The van der Waals surface area contributed by atoms with Crippen molar-refractivity contribution in [2.24, 2.45) is 0 Å². The minimum Gasteiger partial charge on any atom is -0.269 e. The van der Waals surface area contributed by atoms with E-state index in [-0.39, 0.29) is 10.9 Å². The lowest BCUT2D eigenvalue weighted by Crippen LogP contribution is -2.39. The lowest BCUT2D eigenvalue weighted by molar-refractivity contribution is -0.121. The van der Waals surface area contributed by atoms with Gasteiger partial charge in [-0.2, -0.15) is 0 Å². The Hall–Kier alpha value is -1.62. The zero-order chi connectivity index (χ0) is 14.8. The molecule has 1 aliphatic rings. The van der Waals surface area contributed by atoms with Crippen molar-refractivity contribution in [3.05, 3.63) is 42.0 Å². The molecule has 1 aromatic rings. The highest BCUT2D eigenvalue weighted by Gasteiger charge is 2.36. The zero-order valence-electron chi connectivity index (χ0n) is 11.7. The van der Waals surface area contributed by atoms with Crippen LogP contribution in [0.15, 0.2) is 41.3 Å². The van der Waals surface area contributed by atoms with Gasteiger partial charge in [0.15, 0.2) is 0 Å². The maximum atomic E-state index is 12.6. The first-order valence-electron chi connectivity index (χ1n) is 6.80. The highest BCUT2D eigenvalue weighted by Crippen LogP contribution is 2.26. The standard InChI is InChI=1S/C15H19NO3S/c1-3-4-5-13-8-11-15(17)16(13)20(18,19)14-9-6-12(2)7-10-14/h6-11,13H,3-5H2,1-2H3. The second-order valence-corrected chi connectivity index (χ2v) is 6.84. The fourth-order valence-corrected chi connectivity index (χ4v) is 3.79. The molecule has 0 bridgehead atoms. The van der Waals surface area contributed by atoms with Crippen LogP contribution in [0.5, 0.6) is 0 Å². The lowest BCUT2D eigenvalue weighted by atomic mass is 10.1. The van der Waals surface area contributed by atoms with Crippen LogP contribution >= 0.6 is 0 Å². The van der Waals surface area contributed by atoms with Gasteiger partial charge in [0.2, 0.25) is 0 Å². The summed E-state index contributed by atoms with van der Waals surface area (Å²) in [4.78, 5) is 12.1. The Morgan fingerprint density at radius 2 is 1.85 bits per heavy atom. The summed E-state index contributed by atoms with van der Waals surface area (Å²) in [6, 6.07) is 6.22. The van der Waals surface area contributed by atoms with E-state index in [9.17, 15) is 13.2 Å². The zero-order valence-corrected chi connectivity index (χ0v) is 12.6.